The molecule has 0 radical (unpaired) electrons. The Balaban J connectivity index is 0.00000264. The zero-order chi connectivity index (χ0) is 16.0. The number of halogens is 1. The van der Waals surface area contributed by atoms with Crippen molar-refractivity contribution < 1.29 is 9.53 Å². The molecule has 1 aliphatic rings. The number of rotatable bonds is 6. The van der Waals surface area contributed by atoms with Gasteiger partial charge in [-0.25, -0.2) is 0 Å². The number of hydrogen-bond donors (Lipinski definition) is 1. The van der Waals surface area contributed by atoms with E-state index in [1.54, 1.807) is 7.11 Å². The highest BCUT2D eigenvalue weighted by Crippen LogP contribution is 2.38. The van der Waals surface area contributed by atoms with Gasteiger partial charge in [-0.05, 0) is 42.5 Å². The first kappa shape index (κ1) is 19.8. The molecule has 0 unspecified atom stereocenters. The van der Waals surface area contributed by atoms with E-state index in [4.69, 9.17) is 10.5 Å². The topological polar surface area (TPSA) is 55.6 Å². The fourth-order valence-corrected chi connectivity index (χ4v) is 3.30. The summed E-state index contributed by atoms with van der Waals surface area (Å²) in [5, 5.41) is 0. The summed E-state index contributed by atoms with van der Waals surface area (Å²) in [6, 6.07) is 7.86. The van der Waals surface area contributed by atoms with Gasteiger partial charge in [-0.15, -0.1) is 12.4 Å². The first-order valence-corrected chi connectivity index (χ1v) is 8.15. The lowest BCUT2D eigenvalue weighted by atomic mass is 9.71. The SMILES string of the molecule is COc1ccc(CN(C)C(=O)CC2(CN)CCCCC2)cc1.Cl. The van der Waals surface area contributed by atoms with Crippen LogP contribution in [-0.4, -0.2) is 31.5 Å². The molecule has 1 aliphatic carbocycles. The number of nitrogens with zero attached hydrogens (tertiary/aromatic N) is 1. The highest BCUT2D eigenvalue weighted by Gasteiger charge is 2.33. The summed E-state index contributed by atoms with van der Waals surface area (Å²) >= 11 is 0. The standard InChI is InChI=1S/C18H28N2O2.ClH/c1-20(13-15-6-8-16(22-2)9-7-15)17(21)12-18(14-19)10-4-3-5-11-18;/h6-9H,3-5,10-14,19H2,1-2H3;1H. The second kappa shape index (κ2) is 9.14. The number of methoxy groups -OCH3 is 1. The fourth-order valence-electron chi connectivity index (χ4n) is 3.30. The number of hydrogen-bond acceptors (Lipinski definition) is 3. The van der Waals surface area contributed by atoms with Gasteiger partial charge in [0.15, 0.2) is 0 Å². The van der Waals surface area contributed by atoms with Gasteiger partial charge < -0.3 is 15.4 Å². The smallest absolute Gasteiger partial charge is 0.223 e. The van der Waals surface area contributed by atoms with Crippen molar-refractivity contribution in [2.45, 2.75) is 45.1 Å². The predicted molar refractivity (Wildman–Crippen MR) is 95.9 cm³/mol. The average molecular weight is 341 g/mol. The Labute approximate surface area is 145 Å². The molecule has 0 saturated heterocycles. The van der Waals surface area contributed by atoms with E-state index in [0.29, 0.717) is 19.5 Å². The van der Waals surface area contributed by atoms with Gasteiger partial charge in [0.25, 0.3) is 0 Å². The summed E-state index contributed by atoms with van der Waals surface area (Å²) in [6.07, 6.45) is 6.43. The van der Waals surface area contributed by atoms with Gasteiger partial charge >= 0.3 is 0 Å². The monoisotopic (exact) mass is 340 g/mol. The molecule has 130 valence electrons. The first-order valence-electron chi connectivity index (χ1n) is 8.15. The van der Waals surface area contributed by atoms with Crippen LogP contribution >= 0.6 is 12.4 Å². The van der Waals surface area contributed by atoms with E-state index in [1.165, 1.54) is 19.3 Å². The Kier molecular flexibility index (Phi) is 7.86. The number of benzene rings is 1. The second-order valence-electron chi connectivity index (χ2n) is 6.54. The number of nitrogens with two attached hydrogens (primary N) is 1. The van der Waals surface area contributed by atoms with Crippen LogP contribution < -0.4 is 10.5 Å². The summed E-state index contributed by atoms with van der Waals surface area (Å²) in [6.45, 7) is 1.25. The van der Waals surface area contributed by atoms with Gasteiger partial charge in [-0.3, -0.25) is 4.79 Å². The van der Waals surface area contributed by atoms with Crippen molar-refractivity contribution in [3.8, 4) is 5.75 Å². The van der Waals surface area contributed by atoms with Gasteiger partial charge in [0, 0.05) is 20.0 Å². The Morgan fingerprint density at radius 2 is 1.83 bits per heavy atom. The molecule has 2 N–H and O–H groups in total. The van der Waals surface area contributed by atoms with Crippen LogP contribution in [0.4, 0.5) is 0 Å². The molecule has 5 heteroatoms. The molecule has 1 fully saturated rings. The van der Waals surface area contributed by atoms with Crippen LogP contribution in [0, 0.1) is 5.41 Å². The van der Waals surface area contributed by atoms with Crippen molar-refractivity contribution in [3.63, 3.8) is 0 Å². The number of ether oxygens (including phenoxy) is 1. The fraction of sp³-hybridized carbons (Fsp3) is 0.611. The maximum absolute atomic E-state index is 12.5. The maximum atomic E-state index is 12.5. The molecule has 23 heavy (non-hydrogen) atoms. The molecule has 1 amide bonds. The van der Waals surface area contributed by atoms with E-state index in [9.17, 15) is 4.79 Å². The highest BCUT2D eigenvalue weighted by atomic mass is 35.5. The van der Waals surface area contributed by atoms with Gasteiger partial charge in [-0.1, -0.05) is 31.4 Å². The molecule has 0 spiro atoms. The van der Waals surface area contributed by atoms with Crippen LogP contribution in [0.25, 0.3) is 0 Å². The molecule has 1 saturated carbocycles. The molecular formula is C18H29ClN2O2. The summed E-state index contributed by atoms with van der Waals surface area (Å²) < 4.78 is 5.16. The van der Waals surface area contributed by atoms with E-state index < -0.39 is 0 Å². The van der Waals surface area contributed by atoms with Crippen molar-refractivity contribution in [2.24, 2.45) is 11.1 Å². The molecule has 0 bridgehead atoms. The van der Waals surface area contributed by atoms with Crippen molar-refractivity contribution in [1.29, 1.82) is 0 Å². The van der Waals surface area contributed by atoms with Gasteiger partial charge in [-0.2, -0.15) is 0 Å². The van der Waals surface area contributed by atoms with Crippen molar-refractivity contribution in [1.82, 2.24) is 4.90 Å². The molecule has 1 aromatic carbocycles. The molecule has 0 atom stereocenters. The van der Waals surface area contributed by atoms with Gasteiger partial charge in [0.2, 0.25) is 5.91 Å². The van der Waals surface area contributed by atoms with E-state index in [-0.39, 0.29) is 23.7 Å². The van der Waals surface area contributed by atoms with Crippen LogP contribution in [0.1, 0.15) is 44.1 Å². The Morgan fingerprint density at radius 1 is 1.22 bits per heavy atom. The average Bonchev–Trinajstić information content (AvgIpc) is 2.56. The quantitative estimate of drug-likeness (QED) is 0.863. The lowest BCUT2D eigenvalue weighted by Crippen LogP contribution is -2.39. The van der Waals surface area contributed by atoms with Gasteiger partial charge in [0.1, 0.15) is 5.75 Å². The first-order chi connectivity index (χ1) is 10.6. The minimum Gasteiger partial charge on any atom is -0.497 e. The third kappa shape index (κ3) is 5.40. The molecular weight excluding hydrogens is 312 g/mol. The number of carbonyl (C=O) groups excluding carboxylic acids is 1. The maximum Gasteiger partial charge on any atom is 0.223 e. The predicted octanol–water partition coefficient (Wildman–Crippen LogP) is 3.37. The normalized spacial score (nSPS) is 16.3. The molecule has 2 rings (SSSR count). The van der Waals surface area contributed by atoms with E-state index in [1.807, 2.05) is 36.2 Å². The summed E-state index contributed by atoms with van der Waals surface area (Å²) in [4.78, 5) is 14.4. The largest absolute Gasteiger partial charge is 0.497 e. The van der Waals surface area contributed by atoms with Crippen LogP contribution in [0.5, 0.6) is 5.75 Å². The highest BCUT2D eigenvalue weighted by molar-refractivity contribution is 5.85. The third-order valence-electron chi connectivity index (χ3n) is 4.88. The lowest BCUT2D eigenvalue weighted by molar-refractivity contribution is -0.133. The number of amides is 1. The Hall–Kier alpha value is -1.26. The molecule has 0 aromatic heterocycles. The second-order valence-corrected chi connectivity index (χ2v) is 6.54. The zero-order valence-electron chi connectivity index (χ0n) is 14.2. The minimum absolute atomic E-state index is 0. The van der Waals surface area contributed by atoms with Crippen molar-refractivity contribution >= 4 is 18.3 Å². The van der Waals surface area contributed by atoms with E-state index >= 15 is 0 Å². The molecule has 4 nitrogen and oxygen atoms in total. The third-order valence-corrected chi connectivity index (χ3v) is 4.88. The van der Waals surface area contributed by atoms with Crippen molar-refractivity contribution in [3.05, 3.63) is 29.8 Å². The molecule has 0 aliphatic heterocycles. The molecule has 0 heterocycles. The summed E-state index contributed by atoms with van der Waals surface area (Å²) in [7, 11) is 3.53. The van der Waals surface area contributed by atoms with Crippen LogP contribution in [0.15, 0.2) is 24.3 Å². The van der Waals surface area contributed by atoms with E-state index in [2.05, 4.69) is 0 Å². The Bertz CT molecular complexity index is 484. The summed E-state index contributed by atoms with van der Waals surface area (Å²) in [5.41, 5.74) is 7.13. The zero-order valence-corrected chi connectivity index (χ0v) is 15.0. The minimum atomic E-state index is 0. The van der Waals surface area contributed by atoms with Gasteiger partial charge in [0.05, 0.1) is 7.11 Å². The Morgan fingerprint density at radius 3 is 2.35 bits per heavy atom. The van der Waals surface area contributed by atoms with Crippen molar-refractivity contribution in [2.75, 3.05) is 20.7 Å². The lowest BCUT2D eigenvalue weighted by Gasteiger charge is -2.36. The van der Waals surface area contributed by atoms with Crippen LogP contribution in [0.3, 0.4) is 0 Å². The van der Waals surface area contributed by atoms with E-state index in [0.717, 1.165) is 24.2 Å². The van der Waals surface area contributed by atoms with Crippen LogP contribution in [-0.2, 0) is 11.3 Å². The number of carbonyl (C=O) groups is 1. The summed E-state index contributed by atoms with van der Waals surface area (Å²) in [5.74, 6) is 1.03. The van der Waals surface area contributed by atoms with Crippen LogP contribution in [0.2, 0.25) is 0 Å². The molecule has 1 aromatic rings.